The summed E-state index contributed by atoms with van der Waals surface area (Å²) in [5.74, 6) is -0.0516. The lowest BCUT2D eigenvalue weighted by molar-refractivity contribution is -0.115. The number of carbonyl (C=O) groups excluding carboxylic acids is 1. The molecule has 1 N–H and O–H groups in total. The van der Waals surface area contributed by atoms with Crippen molar-refractivity contribution in [3.8, 4) is 0 Å². The van der Waals surface area contributed by atoms with E-state index in [1.54, 1.807) is 18.2 Å². The van der Waals surface area contributed by atoms with Gasteiger partial charge in [0.25, 0.3) is 0 Å². The number of benzene rings is 2. The molecule has 110 valence electrons. The van der Waals surface area contributed by atoms with Crippen LogP contribution >= 0.6 is 0 Å². The van der Waals surface area contributed by atoms with Gasteiger partial charge in [-0.05, 0) is 41.7 Å². The van der Waals surface area contributed by atoms with Crippen molar-refractivity contribution in [2.75, 3.05) is 5.32 Å². The lowest BCUT2D eigenvalue weighted by Gasteiger charge is -2.10. The third-order valence-corrected chi connectivity index (χ3v) is 3.68. The first-order valence-electron chi connectivity index (χ1n) is 7.23. The summed E-state index contributed by atoms with van der Waals surface area (Å²) in [7, 11) is 0. The summed E-state index contributed by atoms with van der Waals surface area (Å²) >= 11 is 0. The largest absolute Gasteiger partial charge is 0.326 e. The molecule has 0 saturated carbocycles. The summed E-state index contributed by atoms with van der Waals surface area (Å²) < 4.78 is 13.5. The minimum Gasteiger partial charge on any atom is -0.326 e. The van der Waals surface area contributed by atoms with Gasteiger partial charge in [0.1, 0.15) is 5.82 Å². The van der Waals surface area contributed by atoms with Crippen molar-refractivity contribution in [1.82, 2.24) is 0 Å². The van der Waals surface area contributed by atoms with Crippen LogP contribution in [0.2, 0.25) is 0 Å². The number of carbonyl (C=O) groups is 1. The molecule has 2 aromatic rings. The first-order chi connectivity index (χ1) is 10.1. The minimum atomic E-state index is -0.347. The van der Waals surface area contributed by atoms with E-state index in [2.05, 4.69) is 19.2 Å². The molecule has 0 bridgehead atoms. The van der Waals surface area contributed by atoms with E-state index in [-0.39, 0.29) is 18.1 Å². The van der Waals surface area contributed by atoms with Crippen LogP contribution in [0.25, 0.3) is 0 Å². The molecule has 0 radical (unpaired) electrons. The Morgan fingerprint density at radius 2 is 1.81 bits per heavy atom. The number of nitrogens with one attached hydrogen (secondary N) is 1. The average Bonchev–Trinajstić information content (AvgIpc) is 2.49. The fraction of sp³-hybridized carbons (Fsp3) is 0.278. The second-order valence-electron chi connectivity index (χ2n) is 5.25. The molecule has 0 fully saturated rings. The molecule has 1 amide bonds. The van der Waals surface area contributed by atoms with Crippen LogP contribution < -0.4 is 5.32 Å². The summed E-state index contributed by atoms with van der Waals surface area (Å²) in [6.07, 6.45) is 1.12. The molecule has 21 heavy (non-hydrogen) atoms. The number of halogens is 1. The van der Waals surface area contributed by atoms with Crippen LogP contribution in [-0.4, -0.2) is 5.91 Å². The Morgan fingerprint density at radius 1 is 1.14 bits per heavy atom. The SMILES string of the molecule is CC[C@@H](C)c1ccc(NC(=O)Cc2ccccc2F)cc1. The van der Waals surface area contributed by atoms with Crippen LogP contribution in [0.3, 0.4) is 0 Å². The van der Waals surface area contributed by atoms with Crippen molar-refractivity contribution in [3.63, 3.8) is 0 Å². The standard InChI is InChI=1S/C18H20FNO/c1-3-13(2)14-8-10-16(11-9-14)20-18(21)12-15-6-4-5-7-17(15)19/h4-11,13H,3,12H2,1-2H3,(H,20,21)/t13-/m1/s1. The molecule has 0 spiro atoms. The van der Waals surface area contributed by atoms with Gasteiger partial charge >= 0.3 is 0 Å². The highest BCUT2D eigenvalue weighted by Gasteiger charge is 2.08. The van der Waals surface area contributed by atoms with Gasteiger partial charge in [-0.1, -0.05) is 44.2 Å². The molecule has 0 aliphatic carbocycles. The van der Waals surface area contributed by atoms with Gasteiger partial charge in [0.2, 0.25) is 5.91 Å². The Balaban J connectivity index is 1.98. The van der Waals surface area contributed by atoms with Crippen molar-refractivity contribution in [1.29, 1.82) is 0 Å². The maximum Gasteiger partial charge on any atom is 0.228 e. The monoisotopic (exact) mass is 285 g/mol. The molecule has 1 atom stereocenters. The van der Waals surface area contributed by atoms with Gasteiger partial charge in [0, 0.05) is 5.69 Å². The smallest absolute Gasteiger partial charge is 0.228 e. The van der Waals surface area contributed by atoms with Gasteiger partial charge < -0.3 is 5.32 Å². The molecule has 0 aliphatic rings. The first-order valence-corrected chi connectivity index (χ1v) is 7.23. The molecular weight excluding hydrogens is 265 g/mol. The van der Waals surface area contributed by atoms with E-state index < -0.39 is 0 Å². The Bertz CT molecular complexity index is 607. The van der Waals surface area contributed by atoms with Crippen LogP contribution in [0, 0.1) is 5.82 Å². The average molecular weight is 285 g/mol. The number of hydrogen-bond acceptors (Lipinski definition) is 1. The van der Waals surface area contributed by atoms with Crippen molar-refractivity contribution >= 4 is 11.6 Å². The van der Waals surface area contributed by atoms with Crippen LogP contribution in [-0.2, 0) is 11.2 Å². The zero-order valence-electron chi connectivity index (χ0n) is 12.4. The third kappa shape index (κ3) is 4.15. The summed E-state index contributed by atoms with van der Waals surface area (Å²) in [5, 5.41) is 2.80. The van der Waals surface area contributed by atoms with E-state index in [0.717, 1.165) is 12.1 Å². The predicted molar refractivity (Wildman–Crippen MR) is 83.9 cm³/mol. The molecule has 2 aromatic carbocycles. The third-order valence-electron chi connectivity index (χ3n) is 3.68. The number of rotatable bonds is 5. The van der Waals surface area contributed by atoms with Gasteiger partial charge in [0.05, 0.1) is 6.42 Å². The lowest BCUT2D eigenvalue weighted by Crippen LogP contribution is -2.15. The highest BCUT2D eigenvalue weighted by molar-refractivity contribution is 5.92. The van der Waals surface area contributed by atoms with E-state index in [9.17, 15) is 9.18 Å². The van der Waals surface area contributed by atoms with Gasteiger partial charge in [-0.3, -0.25) is 4.79 Å². The van der Waals surface area contributed by atoms with Crippen molar-refractivity contribution in [2.45, 2.75) is 32.6 Å². The zero-order valence-corrected chi connectivity index (χ0v) is 12.4. The zero-order chi connectivity index (χ0) is 15.2. The predicted octanol–water partition coefficient (Wildman–Crippen LogP) is 4.52. The Labute approximate surface area is 125 Å². The van der Waals surface area contributed by atoms with Crippen LogP contribution in [0.15, 0.2) is 48.5 Å². The molecule has 0 unspecified atom stereocenters. The number of hydrogen-bond donors (Lipinski definition) is 1. The van der Waals surface area contributed by atoms with E-state index in [1.807, 2.05) is 24.3 Å². The second-order valence-corrected chi connectivity index (χ2v) is 5.25. The lowest BCUT2D eigenvalue weighted by atomic mass is 9.98. The van der Waals surface area contributed by atoms with Crippen molar-refractivity contribution in [3.05, 3.63) is 65.5 Å². The Kier molecular flexibility index (Phi) is 5.09. The summed E-state index contributed by atoms with van der Waals surface area (Å²) in [4.78, 5) is 11.9. The molecule has 0 aliphatic heterocycles. The van der Waals surface area contributed by atoms with Crippen LogP contribution in [0.1, 0.15) is 37.3 Å². The molecule has 2 rings (SSSR count). The molecular formula is C18H20FNO. The van der Waals surface area contributed by atoms with E-state index in [0.29, 0.717) is 11.5 Å². The Hall–Kier alpha value is -2.16. The van der Waals surface area contributed by atoms with E-state index >= 15 is 0 Å². The second kappa shape index (κ2) is 7.02. The summed E-state index contributed by atoms with van der Waals surface area (Å²) in [6.45, 7) is 4.32. The quantitative estimate of drug-likeness (QED) is 0.859. The molecule has 2 nitrogen and oxygen atoms in total. The summed E-state index contributed by atoms with van der Waals surface area (Å²) in [5.41, 5.74) is 2.40. The molecule has 3 heteroatoms. The van der Waals surface area contributed by atoms with Crippen LogP contribution in [0.4, 0.5) is 10.1 Å². The molecule has 0 heterocycles. The molecule has 0 saturated heterocycles. The fourth-order valence-corrected chi connectivity index (χ4v) is 2.15. The fourth-order valence-electron chi connectivity index (χ4n) is 2.15. The van der Waals surface area contributed by atoms with E-state index in [1.165, 1.54) is 11.6 Å². The van der Waals surface area contributed by atoms with Gasteiger partial charge in [-0.2, -0.15) is 0 Å². The van der Waals surface area contributed by atoms with Gasteiger partial charge in [-0.15, -0.1) is 0 Å². The Morgan fingerprint density at radius 3 is 2.43 bits per heavy atom. The number of anilines is 1. The highest BCUT2D eigenvalue weighted by Crippen LogP contribution is 2.20. The van der Waals surface area contributed by atoms with Crippen molar-refractivity contribution < 1.29 is 9.18 Å². The van der Waals surface area contributed by atoms with Gasteiger partial charge in [-0.25, -0.2) is 4.39 Å². The maximum absolute atomic E-state index is 13.5. The topological polar surface area (TPSA) is 29.1 Å². The van der Waals surface area contributed by atoms with E-state index in [4.69, 9.17) is 0 Å². The highest BCUT2D eigenvalue weighted by atomic mass is 19.1. The first kappa shape index (κ1) is 15.2. The van der Waals surface area contributed by atoms with Crippen molar-refractivity contribution in [2.24, 2.45) is 0 Å². The molecule has 0 aromatic heterocycles. The van der Waals surface area contributed by atoms with Crippen LogP contribution in [0.5, 0.6) is 0 Å². The number of amides is 1. The van der Waals surface area contributed by atoms with Gasteiger partial charge in [0.15, 0.2) is 0 Å². The normalized spacial score (nSPS) is 12.0. The summed E-state index contributed by atoms with van der Waals surface area (Å²) in [6, 6.07) is 14.2. The maximum atomic E-state index is 13.5. The minimum absolute atomic E-state index is 0.0415.